The van der Waals surface area contributed by atoms with Crippen molar-refractivity contribution in [2.45, 2.75) is 32.2 Å². The molecule has 3 heteroatoms. The standard InChI is InChI=1S/C14H21NO2/c1-8-5-13(16-3)14(17-4)7-10(8)11-6-12(15)9(11)2/h5,7,9,11-12H,6,15H2,1-4H3. The molecule has 0 aliphatic heterocycles. The van der Waals surface area contributed by atoms with Crippen molar-refractivity contribution in [3.8, 4) is 11.5 Å². The first kappa shape index (κ1) is 12.2. The van der Waals surface area contributed by atoms with Crippen LogP contribution in [0.3, 0.4) is 0 Å². The molecule has 17 heavy (non-hydrogen) atoms. The van der Waals surface area contributed by atoms with Gasteiger partial charge in [0.15, 0.2) is 11.5 Å². The van der Waals surface area contributed by atoms with Gasteiger partial charge in [-0.3, -0.25) is 0 Å². The van der Waals surface area contributed by atoms with Gasteiger partial charge < -0.3 is 15.2 Å². The van der Waals surface area contributed by atoms with Gasteiger partial charge in [0.2, 0.25) is 0 Å². The van der Waals surface area contributed by atoms with E-state index in [1.807, 2.05) is 6.07 Å². The normalized spacial score (nSPS) is 27.5. The predicted molar refractivity (Wildman–Crippen MR) is 68.8 cm³/mol. The lowest BCUT2D eigenvalue weighted by atomic mass is 9.66. The number of hydrogen-bond donors (Lipinski definition) is 1. The Balaban J connectivity index is 2.35. The van der Waals surface area contributed by atoms with E-state index >= 15 is 0 Å². The number of aryl methyl sites for hydroxylation is 1. The highest BCUT2D eigenvalue weighted by molar-refractivity contribution is 5.49. The molecule has 3 atom stereocenters. The Hall–Kier alpha value is -1.22. The van der Waals surface area contributed by atoms with Crippen molar-refractivity contribution in [3.05, 3.63) is 23.3 Å². The van der Waals surface area contributed by atoms with Crippen molar-refractivity contribution in [2.24, 2.45) is 11.7 Å². The minimum absolute atomic E-state index is 0.340. The van der Waals surface area contributed by atoms with Crippen LogP contribution in [0.2, 0.25) is 0 Å². The van der Waals surface area contributed by atoms with Crippen molar-refractivity contribution in [1.82, 2.24) is 0 Å². The summed E-state index contributed by atoms with van der Waals surface area (Å²) in [4.78, 5) is 0. The first-order valence-electron chi connectivity index (χ1n) is 6.06. The summed E-state index contributed by atoms with van der Waals surface area (Å²) < 4.78 is 10.7. The molecule has 0 saturated heterocycles. The minimum atomic E-state index is 0.340. The lowest BCUT2D eigenvalue weighted by Gasteiger charge is -2.41. The maximum absolute atomic E-state index is 5.97. The van der Waals surface area contributed by atoms with Crippen molar-refractivity contribution in [3.63, 3.8) is 0 Å². The quantitative estimate of drug-likeness (QED) is 0.875. The van der Waals surface area contributed by atoms with Crippen LogP contribution >= 0.6 is 0 Å². The third-order valence-electron chi connectivity index (χ3n) is 4.01. The van der Waals surface area contributed by atoms with E-state index in [-0.39, 0.29) is 0 Å². The molecular formula is C14H21NO2. The first-order chi connectivity index (χ1) is 8.08. The number of ether oxygens (including phenoxy) is 2. The third-order valence-corrected chi connectivity index (χ3v) is 4.01. The van der Waals surface area contributed by atoms with Crippen LogP contribution in [0.25, 0.3) is 0 Å². The van der Waals surface area contributed by atoms with Crippen molar-refractivity contribution >= 4 is 0 Å². The van der Waals surface area contributed by atoms with Gasteiger partial charge in [-0.2, -0.15) is 0 Å². The summed E-state index contributed by atoms with van der Waals surface area (Å²) in [7, 11) is 3.34. The zero-order chi connectivity index (χ0) is 12.6. The zero-order valence-corrected chi connectivity index (χ0v) is 11.0. The second kappa shape index (κ2) is 4.57. The van der Waals surface area contributed by atoms with Gasteiger partial charge in [-0.15, -0.1) is 0 Å². The largest absolute Gasteiger partial charge is 0.493 e. The summed E-state index contributed by atoms with van der Waals surface area (Å²) in [6.45, 7) is 4.34. The number of hydrogen-bond acceptors (Lipinski definition) is 3. The SMILES string of the molecule is COc1cc(C)c(C2CC(N)C2C)cc1OC. The molecule has 1 aliphatic carbocycles. The molecule has 0 spiro atoms. The smallest absolute Gasteiger partial charge is 0.161 e. The van der Waals surface area contributed by atoms with E-state index in [0.29, 0.717) is 17.9 Å². The Morgan fingerprint density at radius 2 is 1.76 bits per heavy atom. The molecule has 1 fully saturated rings. The van der Waals surface area contributed by atoms with E-state index in [1.54, 1.807) is 14.2 Å². The fourth-order valence-electron chi connectivity index (χ4n) is 2.63. The molecule has 2 N–H and O–H groups in total. The highest BCUT2D eigenvalue weighted by Gasteiger charge is 2.37. The van der Waals surface area contributed by atoms with Crippen LogP contribution in [0.4, 0.5) is 0 Å². The van der Waals surface area contributed by atoms with E-state index in [1.165, 1.54) is 11.1 Å². The van der Waals surface area contributed by atoms with Crippen molar-refractivity contribution in [2.75, 3.05) is 14.2 Å². The maximum Gasteiger partial charge on any atom is 0.161 e. The van der Waals surface area contributed by atoms with Crippen LogP contribution in [0.5, 0.6) is 11.5 Å². The van der Waals surface area contributed by atoms with Crippen LogP contribution in [0.1, 0.15) is 30.4 Å². The first-order valence-corrected chi connectivity index (χ1v) is 6.06. The van der Waals surface area contributed by atoms with Crippen LogP contribution in [0, 0.1) is 12.8 Å². The van der Waals surface area contributed by atoms with Crippen LogP contribution < -0.4 is 15.2 Å². The zero-order valence-electron chi connectivity index (χ0n) is 11.0. The molecule has 94 valence electrons. The van der Waals surface area contributed by atoms with E-state index < -0.39 is 0 Å². The van der Waals surface area contributed by atoms with Crippen LogP contribution in [0.15, 0.2) is 12.1 Å². The van der Waals surface area contributed by atoms with Gasteiger partial charge in [0.05, 0.1) is 14.2 Å². The molecule has 3 unspecified atom stereocenters. The van der Waals surface area contributed by atoms with E-state index in [4.69, 9.17) is 15.2 Å². The molecule has 1 aliphatic rings. The number of rotatable bonds is 3. The molecule has 1 aromatic rings. The van der Waals surface area contributed by atoms with Crippen molar-refractivity contribution < 1.29 is 9.47 Å². The van der Waals surface area contributed by atoms with Gasteiger partial charge in [0.25, 0.3) is 0 Å². The second-order valence-corrected chi connectivity index (χ2v) is 4.93. The van der Waals surface area contributed by atoms with Crippen LogP contribution in [-0.4, -0.2) is 20.3 Å². The molecular weight excluding hydrogens is 214 g/mol. The van der Waals surface area contributed by atoms with Crippen LogP contribution in [-0.2, 0) is 0 Å². The molecule has 1 aromatic carbocycles. The molecule has 0 amide bonds. The third kappa shape index (κ3) is 2.00. The molecule has 0 radical (unpaired) electrons. The number of methoxy groups -OCH3 is 2. The lowest BCUT2D eigenvalue weighted by Crippen LogP contribution is -2.44. The second-order valence-electron chi connectivity index (χ2n) is 4.93. The monoisotopic (exact) mass is 235 g/mol. The Bertz CT molecular complexity index is 417. The van der Waals surface area contributed by atoms with Gasteiger partial charge in [-0.1, -0.05) is 6.92 Å². The van der Waals surface area contributed by atoms with E-state index in [0.717, 1.165) is 17.9 Å². The Morgan fingerprint density at radius 1 is 1.18 bits per heavy atom. The van der Waals surface area contributed by atoms with Gasteiger partial charge in [-0.25, -0.2) is 0 Å². The maximum atomic E-state index is 5.97. The predicted octanol–water partition coefficient (Wildman–Crippen LogP) is 2.46. The summed E-state index contributed by atoms with van der Waals surface area (Å²) >= 11 is 0. The highest BCUT2D eigenvalue weighted by Crippen LogP contribution is 2.45. The molecule has 0 aromatic heterocycles. The Morgan fingerprint density at radius 3 is 2.24 bits per heavy atom. The number of nitrogens with two attached hydrogens (primary N) is 1. The van der Waals surface area contributed by atoms with E-state index in [9.17, 15) is 0 Å². The molecule has 2 rings (SSSR count). The number of benzene rings is 1. The summed E-state index contributed by atoms with van der Waals surface area (Å²) in [5, 5.41) is 0. The fourth-order valence-corrected chi connectivity index (χ4v) is 2.63. The van der Waals surface area contributed by atoms with E-state index in [2.05, 4.69) is 19.9 Å². The molecule has 3 nitrogen and oxygen atoms in total. The summed E-state index contributed by atoms with van der Waals surface area (Å²) in [6, 6.07) is 4.49. The Labute approximate surface area is 103 Å². The molecule has 1 saturated carbocycles. The minimum Gasteiger partial charge on any atom is -0.493 e. The fraction of sp³-hybridized carbons (Fsp3) is 0.571. The highest BCUT2D eigenvalue weighted by atomic mass is 16.5. The summed E-state index contributed by atoms with van der Waals surface area (Å²) in [5.41, 5.74) is 8.57. The molecule has 0 heterocycles. The van der Waals surface area contributed by atoms with Crippen molar-refractivity contribution in [1.29, 1.82) is 0 Å². The van der Waals surface area contributed by atoms with Gasteiger partial charge in [0, 0.05) is 6.04 Å². The van der Waals surface area contributed by atoms with Gasteiger partial charge in [0.1, 0.15) is 0 Å². The van der Waals surface area contributed by atoms with Gasteiger partial charge in [-0.05, 0) is 48.4 Å². The van der Waals surface area contributed by atoms with Gasteiger partial charge >= 0.3 is 0 Å². The summed E-state index contributed by atoms with van der Waals surface area (Å²) in [6.07, 6.45) is 1.07. The Kier molecular flexibility index (Phi) is 3.29. The topological polar surface area (TPSA) is 44.5 Å². The lowest BCUT2D eigenvalue weighted by molar-refractivity contribution is 0.225. The summed E-state index contributed by atoms with van der Waals surface area (Å²) in [5.74, 6) is 2.71. The average Bonchev–Trinajstić information content (AvgIpc) is 2.35. The molecule has 0 bridgehead atoms. The average molecular weight is 235 g/mol.